The van der Waals surface area contributed by atoms with E-state index in [1.54, 1.807) is 6.20 Å². The number of nitrogens with two attached hydrogens (primary N) is 1. The number of aromatic nitrogens is 3. The van der Waals surface area contributed by atoms with Gasteiger partial charge in [0.15, 0.2) is 11.6 Å². The Morgan fingerprint density at radius 1 is 0.913 bits per heavy atom. The normalized spacial score (nSPS) is 10.3. The van der Waals surface area contributed by atoms with Gasteiger partial charge in [0.2, 0.25) is 0 Å². The van der Waals surface area contributed by atoms with Gasteiger partial charge in [0.05, 0.1) is 0 Å². The predicted molar refractivity (Wildman–Crippen MR) is 101 cm³/mol. The molecule has 0 radical (unpaired) electrons. The number of nitrogens with zero attached hydrogens (tertiary/aromatic N) is 3. The lowest BCUT2D eigenvalue weighted by atomic mass is 10.3. The Kier molecular flexibility index (Phi) is 4.56. The molecule has 0 saturated heterocycles. The molecule has 0 atom stereocenters. The second-order valence-corrected chi connectivity index (χ2v) is 6.16. The molecule has 3 aromatic rings. The zero-order valence-electron chi connectivity index (χ0n) is 12.4. The Hall–Kier alpha value is -2.42. The van der Waals surface area contributed by atoms with Gasteiger partial charge in [0.25, 0.3) is 0 Å². The first-order valence-corrected chi connectivity index (χ1v) is 8.03. The largest absolute Gasteiger partial charge is 0.393 e. The summed E-state index contributed by atoms with van der Waals surface area (Å²) in [6.07, 6.45) is 3.18. The van der Waals surface area contributed by atoms with E-state index in [0.717, 1.165) is 20.6 Å². The van der Waals surface area contributed by atoms with E-state index in [2.05, 4.69) is 48.2 Å². The van der Waals surface area contributed by atoms with Crippen LogP contribution in [-0.2, 0) is 0 Å². The van der Waals surface area contributed by atoms with Crippen molar-refractivity contribution in [1.29, 1.82) is 0 Å². The molecule has 0 fully saturated rings. The van der Waals surface area contributed by atoms with Crippen LogP contribution in [0.15, 0.2) is 48.9 Å². The molecule has 7 heteroatoms. The first-order valence-electron chi connectivity index (χ1n) is 6.95. The van der Waals surface area contributed by atoms with Gasteiger partial charge in [0, 0.05) is 15.5 Å². The molecular formula is C16H15IN6. The van der Waals surface area contributed by atoms with Gasteiger partial charge >= 0.3 is 0 Å². The monoisotopic (exact) mass is 418 g/mol. The van der Waals surface area contributed by atoms with Gasteiger partial charge < -0.3 is 16.4 Å². The molecule has 0 bridgehead atoms. The van der Waals surface area contributed by atoms with Crippen LogP contribution in [0.4, 0.5) is 28.8 Å². The van der Waals surface area contributed by atoms with Crippen LogP contribution in [0.2, 0.25) is 0 Å². The Labute approximate surface area is 147 Å². The van der Waals surface area contributed by atoms with E-state index in [4.69, 9.17) is 5.73 Å². The number of hydrogen-bond acceptors (Lipinski definition) is 6. The van der Waals surface area contributed by atoms with Gasteiger partial charge in [-0.05, 0) is 65.4 Å². The summed E-state index contributed by atoms with van der Waals surface area (Å²) in [6, 6.07) is 11.8. The smallest absolute Gasteiger partial charge is 0.160 e. The van der Waals surface area contributed by atoms with E-state index < -0.39 is 0 Å². The lowest BCUT2D eigenvalue weighted by Crippen LogP contribution is -2.06. The second-order valence-electron chi connectivity index (χ2n) is 4.91. The molecule has 1 aromatic carbocycles. The fraction of sp³-hybridized carbons (Fsp3) is 0.0625. The highest BCUT2D eigenvalue weighted by atomic mass is 127. The number of nitrogens with one attached hydrogen (secondary N) is 2. The number of aryl methyl sites for hydroxylation is 1. The summed E-state index contributed by atoms with van der Waals surface area (Å²) in [4.78, 5) is 12.7. The summed E-state index contributed by atoms with van der Waals surface area (Å²) >= 11 is 2.26. The SMILES string of the molecule is Cc1cccnc1Nc1ncnc(Nc2ccc(I)cc2)c1N. The molecule has 3 rings (SSSR count). The average molecular weight is 418 g/mol. The lowest BCUT2D eigenvalue weighted by molar-refractivity contribution is 1.15. The van der Waals surface area contributed by atoms with Gasteiger partial charge in [-0.3, -0.25) is 0 Å². The van der Waals surface area contributed by atoms with Crippen molar-refractivity contribution in [2.24, 2.45) is 0 Å². The molecule has 4 N–H and O–H groups in total. The van der Waals surface area contributed by atoms with Crippen molar-refractivity contribution < 1.29 is 0 Å². The third kappa shape index (κ3) is 3.67. The van der Waals surface area contributed by atoms with Crippen LogP contribution in [0.5, 0.6) is 0 Å². The lowest BCUT2D eigenvalue weighted by Gasteiger charge is -2.13. The number of nitrogen functional groups attached to an aromatic ring is 1. The van der Waals surface area contributed by atoms with Crippen molar-refractivity contribution in [3.8, 4) is 0 Å². The van der Waals surface area contributed by atoms with E-state index in [1.807, 2.05) is 43.3 Å². The molecule has 0 unspecified atom stereocenters. The molecule has 23 heavy (non-hydrogen) atoms. The number of hydrogen-bond donors (Lipinski definition) is 3. The molecule has 0 spiro atoms. The molecule has 0 aliphatic heterocycles. The maximum absolute atomic E-state index is 6.18. The third-order valence-corrected chi connectivity index (χ3v) is 3.96. The molecule has 0 aliphatic carbocycles. The van der Waals surface area contributed by atoms with E-state index in [9.17, 15) is 0 Å². The zero-order chi connectivity index (χ0) is 16.2. The molecule has 6 nitrogen and oxygen atoms in total. The van der Waals surface area contributed by atoms with Crippen molar-refractivity contribution >= 4 is 51.4 Å². The van der Waals surface area contributed by atoms with Crippen LogP contribution < -0.4 is 16.4 Å². The maximum atomic E-state index is 6.18. The first kappa shape index (κ1) is 15.5. The van der Waals surface area contributed by atoms with E-state index in [0.29, 0.717) is 17.3 Å². The summed E-state index contributed by atoms with van der Waals surface area (Å²) in [5.74, 6) is 1.80. The zero-order valence-corrected chi connectivity index (χ0v) is 14.6. The van der Waals surface area contributed by atoms with Crippen LogP contribution in [0.3, 0.4) is 0 Å². The van der Waals surface area contributed by atoms with Crippen molar-refractivity contribution in [3.05, 3.63) is 58.1 Å². The predicted octanol–water partition coefficient (Wildman–Crippen LogP) is 3.85. The highest BCUT2D eigenvalue weighted by Crippen LogP contribution is 2.28. The molecule has 2 aromatic heterocycles. The van der Waals surface area contributed by atoms with Gasteiger partial charge in [0.1, 0.15) is 17.8 Å². The van der Waals surface area contributed by atoms with Crippen molar-refractivity contribution in [2.75, 3.05) is 16.4 Å². The summed E-state index contributed by atoms with van der Waals surface area (Å²) in [5, 5.41) is 6.35. The second kappa shape index (κ2) is 6.78. The average Bonchev–Trinajstić information content (AvgIpc) is 2.55. The summed E-state index contributed by atoms with van der Waals surface area (Å²) in [5.41, 5.74) is 8.55. The topological polar surface area (TPSA) is 88.8 Å². The fourth-order valence-corrected chi connectivity index (χ4v) is 2.35. The highest BCUT2D eigenvalue weighted by Gasteiger charge is 2.10. The van der Waals surface area contributed by atoms with E-state index in [-0.39, 0.29) is 0 Å². The van der Waals surface area contributed by atoms with E-state index >= 15 is 0 Å². The van der Waals surface area contributed by atoms with Crippen LogP contribution >= 0.6 is 22.6 Å². The van der Waals surface area contributed by atoms with Crippen LogP contribution in [0, 0.1) is 10.5 Å². The Balaban J connectivity index is 1.86. The first-order chi connectivity index (χ1) is 11.1. The van der Waals surface area contributed by atoms with Gasteiger partial charge in [-0.25, -0.2) is 15.0 Å². The minimum atomic E-state index is 0.441. The van der Waals surface area contributed by atoms with Gasteiger partial charge in [-0.2, -0.15) is 0 Å². The number of halogens is 1. The van der Waals surface area contributed by atoms with Crippen LogP contribution in [0.25, 0.3) is 0 Å². The van der Waals surface area contributed by atoms with Crippen molar-refractivity contribution in [2.45, 2.75) is 6.92 Å². The number of rotatable bonds is 4. The molecule has 0 aliphatic rings. The molecule has 0 amide bonds. The number of anilines is 5. The quantitative estimate of drug-likeness (QED) is 0.558. The molecule has 2 heterocycles. The summed E-state index contributed by atoms with van der Waals surface area (Å²) in [7, 11) is 0. The molecule has 116 valence electrons. The van der Waals surface area contributed by atoms with Crippen molar-refractivity contribution in [1.82, 2.24) is 15.0 Å². The summed E-state index contributed by atoms with van der Waals surface area (Å²) < 4.78 is 1.16. The molecule has 0 saturated carbocycles. The Bertz CT molecular complexity index is 819. The van der Waals surface area contributed by atoms with E-state index in [1.165, 1.54) is 6.33 Å². The number of benzene rings is 1. The Morgan fingerprint density at radius 2 is 1.61 bits per heavy atom. The maximum Gasteiger partial charge on any atom is 0.160 e. The van der Waals surface area contributed by atoms with Crippen LogP contribution in [-0.4, -0.2) is 15.0 Å². The highest BCUT2D eigenvalue weighted by molar-refractivity contribution is 14.1. The van der Waals surface area contributed by atoms with Crippen LogP contribution in [0.1, 0.15) is 5.56 Å². The summed E-state index contributed by atoms with van der Waals surface area (Å²) in [6.45, 7) is 1.97. The minimum absolute atomic E-state index is 0.441. The minimum Gasteiger partial charge on any atom is -0.393 e. The standard InChI is InChI=1S/C16H15IN6/c1-10-3-2-8-19-14(10)23-16-13(18)15(20-9-21-16)22-12-6-4-11(17)5-7-12/h2-9H,18H2,1H3,(H2,19,20,21,22,23). The van der Waals surface area contributed by atoms with Gasteiger partial charge in [-0.15, -0.1) is 0 Å². The number of pyridine rings is 1. The molecular weight excluding hydrogens is 403 g/mol. The van der Waals surface area contributed by atoms with Crippen molar-refractivity contribution in [3.63, 3.8) is 0 Å². The van der Waals surface area contributed by atoms with Gasteiger partial charge in [-0.1, -0.05) is 6.07 Å². The third-order valence-electron chi connectivity index (χ3n) is 3.24. The fourth-order valence-electron chi connectivity index (χ4n) is 1.99. The Morgan fingerprint density at radius 3 is 2.30 bits per heavy atom.